The zero-order valence-electron chi connectivity index (χ0n) is 9.87. The molecular weight excluding hydrogens is 216 g/mol. The van der Waals surface area contributed by atoms with Gasteiger partial charge in [0.1, 0.15) is 6.04 Å². The lowest BCUT2D eigenvalue weighted by Gasteiger charge is -2.32. The highest BCUT2D eigenvalue weighted by atomic mass is 16.2. The minimum atomic E-state index is -0.363. The second-order valence-corrected chi connectivity index (χ2v) is 4.93. The van der Waals surface area contributed by atoms with E-state index < -0.39 is 0 Å². The van der Waals surface area contributed by atoms with E-state index in [-0.39, 0.29) is 29.8 Å². The fourth-order valence-electron chi connectivity index (χ4n) is 3.04. The molecule has 0 saturated carbocycles. The maximum atomic E-state index is 12.4. The van der Waals surface area contributed by atoms with Gasteiger partial charge in [0.2, 0.25) is 11.8 Å². The summed E-state index contributed by atoms with van der Waals surface area (Å²) in [6.07, 6.45) is 9.44. The Balaban J connectivity index is 2.01. The highest BCUT2D eigenvalue weighted by Gasteiger charge is 2.45. The van der Waals surface area contributed by atoms with Gasteiger partial charge in [-0.2, -0.15) is 0 Å². The van der Waals surface area contributed by atoms with Crippen LogP contribution in [-0.2, 0) is 9.59 Å². The van der Waals surface area contributed by atoms with Crippen molar-refractivity contribution in [2.75, 3.05) is 13.6 Å². The smallest absolute Gasteiger partial charge is 0.249 e. The van der Waals surface area contributed by atoms with Crippen molar-refractivity contribution in [3.05, 3.63) is 24.3 Å². The maximum absolute atomic E-state index is 12.4. The molecule has 1 saturated heterocycles. The fourth-order valence-corrected chi connectivity index (χ4v) is 3.04. The fraction of sp³-hybridized carbons (Fsp3) is 0.538. The molecule has 0 aromatic carbocycles. The summed E-state index contributed by atoms with van der Waals surface area (Å²) in [4.78, 5) is 28.2. The Kier molecular flexibility index (Phi) is 2.31. The number of nitrogens with zero attached hydrogens (tertiary/aromatic N) is 2. The van der Waals surface area contributed by atoms with Gasteiger partial charge in [-0.25, -0.2) is 0 Å². The van der Waals surface area contributed by atoms with E-state index in [0.717, 1.165) is 12.8 Å². The van der Waals surface area contributed by atoms with Crippen molar-refractivity contribution >= 4 is 11.8 Å². The summed E-state index contributed by atoms with van der Waals surface area (Å²) in [6.45, 7) is 0.579. The SMILES string of the molecule is CN1C(=O)C2C=CCN2C(=O)C2CC=CCC21. The van der Waals surface area contributed by atoms with Gasteiger partial charge in [-0.1, -0.05) is 24.3 Å². The van der Waals surface area contributed by atoms with E-state index in [9.17, 15) is 9.59 Å². The number of amides is 2. The lowest BCUT2D eigenvalue weighted by atomic mass is 9.87. The van der Waals surface area contributed by atoms with E-state index in [4.69, 9.17) is 0 Å². The van der Waals surface area contributed by atoms with Gasteiger partial charge in [-0.15, -0.1) is 0 Å². The molecule has 3 rings (SSSR count). The van der Waals surface area contributed by atoms with Gasteiger partial charge in [0.15, 0.2) is 0 Å². The van der Waals surface area contributed by atoms with E-state index >= 15 is 0 Å². The van der Waals surface area contributed by atoms with Crippen LogP contribution in [0.2, 0.25) is 0 Å². The highest BCUT2D eigenvalue weighted by molar-refractivity contribution is 5.94. The summed E-state index contributed by atoms with van der Waals surface area (Å²) in [5, 5.41) is 0. The van der Waals surface area contributed by atoms with E-state index in [0.29, 0.717) is 6.54 Å². The van der Waals surface area contributed by atoms with Crippen LogP contribution in [0.3, 0.4) is 0 Å². The van der Waals surface area contributed by atoms with Crippen LogP contribution in [0.15, 0.2) is 24.3 Å². The molecule has 2 aliphatic heterocycles. The van der Waals surface area contributed by atoms with Gasteiger partial charge < -0.3 is 9.80 Å². The van der Waals surface area contributed by atoms with Crippen molar-refractivity contribution in [3.8, 4) is 0 Å². The molecule has 4 nitrogen and oxygen atoms in total. The van der Waals surface area contributed by atoms with Crippen molar-refractivity contribution in [3.63, 3.8) is 0 Å². The predicted molar refractivity (Wildman–Crippen MR) is 63.1 cm³/mol. The molecule has 2 amide bonds. The number of hydrogen-bond donors (Lipinski definition) is 0. The van der Waals surface area contributed by atoms with Gasteiger partial charge in [-0.05, 0) is 12.8 Å². The molecule has 0 aromatic heterocycles. The Hall–Kier alpha value is -1.58. The Labute approximate surface area is 101 Å². The van der Waals surface area contributed by atoms with Gasteiger partial charge >= 0.3 is 0 Å². The molecule has 90 valence electrons. The zero-order chi connectivity index (χ0) is 12.0. The number of carbonyl (C=O) groups excluding carboxylic acids is 2. The second kappa shape index (κ2) is 3.72. The standard InChI is InChI=1S/C13H16N2O2/c1-14-10-6-3-2-5-9(10)12(16)15-8-4-7-11(15)13(14)17/h2-4,7,9-11H,5-6,8H2,1H3. The van der Waals surface area contributed by atoms with Gasteiger partial charge in [0.25, 0.3) is 0 Å². The van der Waals surface area contributed by atoms with Crippen molar-refractivity contribution < 1.29 is 9.59 Å². The average Bonchev–Trinajstić information content (AvgIpc) is 2.82. The molecule has 1 aliphatic carbocycles. The van der Waals surface area contributed by atoms with E-state index in [1.807, 2.05) is 19.2 Å². The molecule has 0 bridgehead atoms. The Morgan fingerprint density at radius 2 is 1.88 bits per heavy atom. The van der Waals surface area contributed by atoms with Gasteiger partial charge in [0.05, 0.1) is 5.92 Å². The number of likely N-dealkylation sites (N-methyl/N-ethyl adjacent to an activating group) is 1. The lowest BCUT2D eigenvalue weighted by molar-refractivity contribution is -0.138. The molecule has 0 radical (unpaired) electrons. The molecular formula is C13H16N2O2. The minimum Gasteiger partial charge on any atom is -0.340 e. The van der Waals surface area contributed by atoms with Crippen LogP contribution in [0.1, 0.15) is 12.8 Å². The Morgan fingerprint density at radius 1 is 1.12 bits per heavy atom. The largest absolute Gasteiger partial charge is 0.340 e. The maximum Gasteiger partial charge on any atom is 0.249 e. The third-order valence-electron chi connectivity index (χ3n) is 4.05. The molecule has 2 heterocycles. The monoisotopic (exact) mass is 232 g/mol. The van der Waals surface area contributed by atoms with Crippen LogP contribution in [0, 0.1) is 5.92 Å². The zero-order valence-corrected chi connectivity index (χ0v) is 9.87. The van der Waals surface area contributed by atoms with Gasteiger partial charge in [0, 0.05) is 19.6 Å². The normalized spacial score (nSPS) is 35.9. The molecule has 17 heavy (non-hydrogen) atoms. The first kappa shape index (κ1) is 10.6. The average molecular weight is 232 g/mol. The molecule has 4 heteroatoms. The van der Waals surface area contributed by atoms with Crippen LogP contribution in [-0.4, -0.2) is 47.3 Å². The lowest BCUT2D eigenvalue weighted by Crippen LogP contribution is -2.44. The first-order chi connectivity index (χ1) is 8.20. The van der Waals surface area contributed by atoms with Crippen molar-refractivity contribution in [1.82, 2.24) is 9.80 Å². The molecule has 0 N–H and O–H groups in total. The van der Waals surface area contributed by atoms with Crippen molar-refractivity contribution in [2.24, 2.45) is 5.92 Å². The number of fused-ring (bicyclic) bond motifs is 2. The quantitative estimate of drug-likeness (QED) is 0.573. The summed E-state index contributed by atoms with van der Waals surface area (Å²) in [6, 6.07) is -0.322. The van der Waals surface area contributed by atoms with Crippen LogP contribution in [0.25, 0.3) is 0 Å². The molecule has 3 aliphatic rings. The first-order valence-corrected chi connectivity index (χ1v) is 6.09. The Morgan fingerprint density at radius 3 is 2.71 bits per heavy atom. The number of carbonyl (C=O) groups is 2. The van der Waals surface area contributed by atoms with Crippen LogP contribution >= 0.6 is 0 Å². The van der Waals surface area contributed by atoms with Crippen molar-refractivity contribution in [1.29, 1.82) is 0 Å². The van der Waals surface area contributed by atoms with Crippen LogP contribution in [0.4, 0.5) is 0 Å². The Bertz CT molecular complexity index is 427. The second-order valence-electron chi connectivity index (χ2n) is 4.93. The first-order valence-electron chi connectivity index (χ1n) is 6.09. The van der Waals surface area contributed by atoms with Crippen LogP contribution in [0.5, 0.6) is 0 Å². The molecule has 0 aromatic rings. The number of rotatable bonds is 0. The number of allylic oxidation sites excluding steroid dienone is 1. The summed E-state index contributed by atoms with van der Waals surface area (Å²) < 4.78 is 0. The third kappa shape index (κ3) is 1.43. The van der Waals surface area contributed by atoms with Gasteiger partial charge in [-0.3, -0.25) is 9.59 Å². The van der Waals surface area contributed by atoms with Crippen LogP contribution < -0.4 is 0 Å². The summed E-state index contributed by atoms with van der Waals surface area (Å²) >= 11 is 0. The summed E-state index contributed by atoms with van der Waals surface area (Å²) in [5.74, 6) is 0.126. The van der Waals surface area contributed by atoms with E-state index in [1.54, 1.807) is 9.80 Å². The predicted octanol–water partition coefficient (Wildman–Crippen LogP) is 0.560. The molecule has 0 spiro atoms. The highest BCUT2D eigenvalue weighted by Crippen LogP contribution is 2.31. The number of hydrogen-bond acceptors (Lipinski definition) is 2. The van der Waals surface area contributed by atoms with Crippen molar-refractivity contribution in [2.45, 2.75) is 24.9 Å². The minimum absolute atomic E-state index is 0.0407. The third-order valence-corrected chi connectivity index (χ3v) is 4.05. The molecule has 1 fully saturated rings. The summed E-state index contributed by atoms with van der Waals surface area (Å²) in [7, 11) is 1.82. The van der Waals surface area contributed by atoms with E-state index in [2.05, 4.69) is 12.2 Å². The summed E-state index contributed by atoms with van der Waals surface area (Å²) in [5.41, 5.74) is 0. The molecule has 3 atom stereocenters. The topological polar surface area (TPSA) is 40.6 Å². The molecule has 3 unspecified atom stereocenters. The van der Waals surface area contributed by atoms with E-state index in [1.165, 1.54) is 0 Å².